The number of hydrogen-bond donors (Lipinski definition) is 0. The Hall–Kier alpha value is -5.80. The van der Waals surface area contributed by atoms with E-state index in [0.717, 1.165) is 0 Å². The van der Waals surface area contributed by atoms with Crippen LogP contribution in [-0.4, -0.2) is 0 Å². The van der Waals surface area contributed by atoms with Crippen LogP contribution in [0.15, 0.2) is 182 Å². The van der Waals surface area contributed by atoms with Crippen LogP contribution >= 0.6 is 22.7 Å². The van der Waals surface area contributed by atoms with Crippen LogP contribution in [0.1, 0.15) is 0 Å². The Morgan fingerprint density at radius 2 is 0.600 bits per heavy atom. The molecule has 50 heavy (non-hydrogen) atoms. The molecule has 0 saturated heterocycles. The normalized spacial score (nSPS) is 11.6. The largest absolute Gasteiger partial charge is 0.134 e. The van der Waals surface area contributed by atoms with Crippen LogP contribution in [0.5, 0.6) is 0 Å². The predicted molar refractivity (Wildman–Crippen MR) is 219 cm³/mol. The molecule has 2 heterocycles. The summed E-state index contributed by atoms with van der Waals surface area (Å²) in [5.74, 6) is 0. The Kier molecular flexibility index (Phi) is 6.97. The number of thiophene rings is 2. The monoisotopic (exact) mass is 670 g/mol. The van der Waals surface area contributed by atoms with Crippen molar-refractivity contribution in [2.24, 2.45) is 0 Å². The maximum Gasteiger partial charge on any atom is 0.0448 e. The summed E-state index contributed by atoms with van der Waals surface area (Å²) in [4.78, 5) is 0. The van der Waals surface area contributed by atoms with Gasteiger partial charge in [-0.2, -0.15) is 0 Å². The Bertz CT molecular complexity index is 2670. The van der Waals surface area contributed by atoms with E-state index in [-0.39, 0.29) is 0 Å². The first-order valence-electron chi connectivity index (χ1n) is 17.0. The van der Waals surface area contributed by atoms with E-state index in [2.05, 4.69) is 182 Å². The first-order chi connectivity index (χ1) is 24.8. The van der Waals surface area contributed by atoms with Gasteiger partial charge in [0.25, 0.3) is 0 Å². The fraction of sp³-hybridized carbons (Fsp3) is 0. The standard InChI is InChI=1S/C48H30S2/c1-4-12-31(13-5-1)34-18-10-20-36(26-34)38-22-24-44-40(28-38)42-30-43-41-29-39(37-21-11-19-35(27-37)32-14-6-2-7-15-32)23-25-45(41)50-48(43)46(47(42)49-44)33-16-8-3-9-17-33/h1-30H. The highest BCUT2D eigenvalue weighted by molar-refractivity contribution is 7.29. The Balaban J connectivity index is 1.18. The molecule has 8 aromatic carbocycles. The summed E-state index contributed by atoms with van der Waals surface area (Å²) in [7, 11) is 0. The van der Waals surface area contributed by atoms with Gasteiger partial charge in [0.15, 0.2) is 0 Å². The van der Waals surface area contributed by atoms with Crippen molar-refractivity contribution in [1.29, 1.82) is 0 Å². The summed E-state index contributed by atoms with van der Waals surface area (Å²) in [6, 6.07) is 66.7. The number of fused-ring (bicyclic) bond motifs is 6. The first kappa shape index (κ1) is 29.1. The van der Waals surface area contributed by atoms with Gasteiger partial charge in [-0.3, -0.25) is 0 Å². The summed E-state index contributed by atoms with van der Waals surface area (Å²) in [6.45, 7) is 0. The molecule has 0 radical (unpaired) electrons. The van der Waals surface area contributed by atoms with E-state index < -0.39 is 0 Å². The van der Waals surface area contributed by atoms with Crippen molar-refractivity contribution in [2.45, 2.75) is 0 Å². The fourth-order valence-corrected chi connectivity index (χ4v) is 9.92. The van der Waals surface area contributed by atoms with E-state index in [9.17, 15) is 0 Å². The molecule has 0 bridgehead atoms. The van der Waals surface area contributed by atoms with Gasteiger partial charge in [0.1, 0.15) is 0 Å². The molecule has 234 valence electrons. The first-order valence-corrected chi connectivity index (χ1v) is 18.6. The molecule has 0 spiro atoms. The number of hydrogen-bond acceptors (Lipinski definition) is 2. The molecular weight excluding hydrogens is 641 g/mol. The molecule has 0 N–H and O–H groups in total. The second-order valence-corrected chi connectivity index (χ2v) is 15.0. The van der Waals surface area contributed by atoms with Crippen LogP contribution in [-0.2, 0) is 0 Å². The van der Waals surface area contributed by atoms with Crippen LogP contribution in [0.4, 0.5) is 0 Å². The van der Waals surface area contributed by atoms with Gasteiger partial charge < -0.3 is 0 Å². The molecule has 0 saturated carbocycles. The molecule has 10 aromatic rings. The highest BCUT2D eigenvalue weighted by Crippen LogP contribution is 2.49. The second kappa shape index (κ2) is 12.0. The van der Waals surface area contributed by atoms with Crippen molar-refractivity contribution < 1.29 is 0 Å². The van der Waals surface area contributed by atoms with E-state index >= 15 is 0 Å². The lowest BCUT2D eigenvalue weighted by molar-refractivity contribution is 1.60. The van der Waals surface area contributed by atoms with Crippen molar-refractivity contribution >= 4 is 63.0 Å². The van der Waals surface area contributed by atoms with Gasteiger partial charge in [0, 0.05) is 45.9 Å². The molecule has 0 aliphatic rings. The predicted octanol–water partition coefficient (Wildman–Crippen LogP) is 14.8. The highest BCUT2D eigenvalue weighted by atomic mass is 32.1. The van der Waals surface area contributed by atoms with E-state index in [1.54, 1.807) is 0 Å². The van der Waals surface area contributed by atoms with Gasteiger partial charge >= 0.3 is 0 Å². The number of rotatable bonds is 5. The molecule has 10 rings (SSSR count). The third-order valence-electron chi connectivity index (χ3n) is 9.86. The third-order valence-corrected chi connectivity index (χ3v) is 12.3. The Labute approximate surface area is 299 Å². The third kappa shape index (κ3) is 4.96. The molecular formula is C48H30S2. The van der Waals surface area contributed by atoms with E-state index in [0.29, 0.717) is 0 Å². The zero-order valence-electron chi connectivity index (χ0n) is 27.1. The molecule has 0 atom stereocenters. The maximum absolute atomic E-state index is 2.48. The van der Waals surface area contributed by atoms with Crippen LogP contribution < -0.4 is 0 Å². The second-order valence-electron chi connectivity index (χ2n) is 12.9. The summed E-state index contributed by atoms with van der Waals surface area (Å²) in [5, 5.41) is 5.29. The molecule has 0 aliphatic carbocycles. The zero-order valence-corrected chi connectivity index (χ0v) is 28.8. The SMILES string of the molecule is c1ccc(-c2cccc(-c3ccc4sc5c(-c6ccccc6)c6sc7ccc(-c8cccc(-c9ccccc9)c8)cc7c6cc5c4c3)c2)cc1. The quantitative estimate of drug-likeness (QED) is 0.171. The molecule has 0 amide bonds. The average molecular weight is 671 g/mol. The Morgan fingerprint density at radius 1 is 0.240 bits per heavy atom. The highest BCUT2D eigenvalue weighted by Gasteiger charge is 2.19. The summed E-state index contributed by atoms with van der Waals surface area (Å²) in [5.41, 5.74) is 12.5. The minimum absolute atomic E-state index is 1.24. The maximum atomic E-state index is 2.48. The van der Waals surface area contributed by atoms with Crippen molar-refractivity contribution in [3.8, 4) is 55.6 Å². The number of benzene rings is 8. The van der Waals surface area contributed by atoms with Crippen molar-refractivity contribution in [2.75, 3.05) is 0 Å². The van der Waals surface area contributed by atoms with E-state index in [1.807, 2.05) is 22.7 Å². The van der Waals surface area contributed by atoms with Crippen LogP contribution in [0.25, 0.3) is 96.0 Å². The average Bonchev–Trinajstić information content (AvgIpc) is 3.75. The summed E-state index contributed by atoms with van der Waals surface area (Å²) < 4.78 is 5.36. The minimum Gasteiger partial charge on any atom is -0.134 e. The Morgan fingerprint density at radius 3 is 1.04 bits per heavy atom. The van der Waals surface area contributed by atoms with E-state index in [4.69, 9.17) is 0 Å². The molecule has 0 unspecified atom stereocenters. The van der Waals surface area contributed by atoms with E-state index in [1.165, 1.54) is 96.0 Å². The lowest BCUT2D eigenvalue weighted by Gasteiger charge is -2.08. The van der Waals surface area contributed by atoms with Crippen molar-refractivity contribution in [3.63, 3.8) is 0 Å². The lowest BCUT2D eigenvalue weighted by atomic mass is 9.95. The molecule has 2 heteroatoms. The van der Waals surface area contributed by atoms with Gasteiger partial charge in [0.05, 0.1) is 0 Å². The van der Waals surface area contributed by atoms with Crippen LogP contribution in [0.3, 0.4) is 0 Å². The van der Waals surface area contributed by atoms with Gasteiger partial charge in [-0.05, 0) is 92.5 Å². The van der Waals surface area contributed by atoms with Crippen LogP contribution in [0.2, 0.25) is 0 Å². The van der Waals surface area contributed by atoms with Crippen molar-refractivity contribution in [1.82, 2.24) is 0 Å². The summed E-state index contributed by atoms with van der Waals surface area (Å²) >= 11 is 3.84. The molecule has 0 nitrogen and oxygen atoms in total. The van der Waals surface area contributed by atoms with Gasteiger partial charge in [0.2, 0.25) is 0 Å². The fourth-order valence-electron chi connectivity index (χ4n) is 7.38. The smallest absolute Gasteiger partial charge is 0.0448 e. The van der Waals surface area contributed by atoms with Gasteiger partial charge in [-0.1, -0.05) is 140 Å². The van der Waals surface area contributed by atoms with Crippen molar-refractivity contribution in [3.05, 3.63) is 182 Å². The topological polar surface area (TPSA) is 0 Å². The van der Waals surface area contributed by atoms with Crippen LogP contribution in [0, 0.1) is 0 Å². The lowest BCUT2D eigenvalue weighted by Crippen LogP contribution is -1.82. The molecule has 0 fully saturated rings. The summed E-state index contributed by atoms with van der Waals surface area (Å²) in [6.07, 6.45) is 0. The molecule has 2 aromatic heterocycles. The molecule has 0 aliphatic heterocycles. The van der Waals surface area contributed by atoms with Gasteiger partial charge in [-0.15, -0.1) is 22.7 Å². The minimum atomic E-state index is 1.24. The zero-order chi connectivity index (χ0) is 33.0. The van der Waals surface area contributed by atoms with Gasteiger partial charge in [-0.25, -0.2) is 0 Å².